The lowest BCUT2D eigenvalue weighted by Gasteiger charge is -2.33. The van der Waals surface area contributed by atoms with E-state index in [2.05, 4.69) is 13.8 Å². The van der Waals surface area contributed by atoms with Gasteiger partial charge in [0.05, 0.1) is 6.26 Å². The van der Waals surface area contributed by atoms with Gasteiger partial charge in [0.1, 0.15) is 0 Å². The van der Waals surface area contributed by atoms with Gasteiger partial charge in [0, 0.05) is 32.1 Å². The molecular formula is C17H26N2O3. The molecule has 0 N–H and O–H groups in total. The van der Waals surface area contributed by atoms with Crippen molar-refractivity contribution in [3.8, 4) is 0 Å². The average molecular weight is 306 g/mol. The lowest BCUT2D eigenvalue weighted by molar-refractivity contribution is -0.137. The maximum Gasteiger partial charge on any atom is 0.289 e. The molecule has 0 atom stereocenters. The summed E-state index contributed by atoms with van der Waals surface area (Å²) in [4.78, 5) is 28.6. The number of furan rings is 1. The lowest BCUT2D eigenvalue weighted by Crippen LogP contribution is -2.44. The monoisotopic (exact) mass is 306 g/mol. The van der Waals surface area contributed by atoms with E-state index in [9.17, 15) is 9.59 Å². The second-order valence-electron chi connectivity index (χ2n) is 5.87. The Bertz CT molecular complexity index is 470. The molecule has 5 nitrogen and oxygen atoms in total. The summed E-state index contributed by atoms with van der Waals surface area (Å²) in [6.45, 7) is 7.11. The molecule has 1 saturated heterocycles. The van der Waals surface area contributed by atoms with Crippen LogP contribution < -0.4 is 0 Å². The van der Waals surface area contributed by atoms with Gasteiger partial charge in [0.25, 0.3) is 5.91 Å². The molecule has 0 unspecified atom stereocenters. The van der Waals surface area contributed by atoms with E-state index in [4.69, 9.17) is 4.42 Å². The van der Waals surface area contributed by atoms with Crippen molar-refractivity contribution in [3.05, 3.63) is 24.2 Å². The fraction of sp³-hybridized carbons (Fsp3) is 0.647. The van der Waals surface area contributed by atoms with Gasteiger partial charge in [-0.1, -0.05) is 13.8 Å². The summed E-state index contributed by atoms with van der Waals surface area (Å²) in [5, 5.41) is 0. The van der Waals surface area contributed by atoms with Gasteiger partial charge < -0.3 is 14.2 Å². The van der Waals surface area contributed by atoms with Gasteiger partial charge in [-0.15, -0.1) is 0 Å². The zero-order chi connectivity index (χ0) is 15.9. The van der Waals surface area contributed by atoms with Crippen LogP contribution in [0.25, 0.3) is 0 Å². The molecule has 2 rings (SSSR count). The number of carbonyl (C=O) groups excluding carboxylic acids is 2. The number of likely N-dealkylation sites (tertiary alicyclic amines) is 1. The summed E-state index contributed by atoms with van der Waals surface area (Å²) in [6, 6.07) is 3.40. The number of carbonyl (C=O) groups is 2. The third-order valence-electron chi connectivity index (χ3n) is 4.16. The lowest BCUT2D eigenvalue weighted by atomic mass is 9.95. The largest absolute Gasteiger partial charge is 0.459 e. The van der Waals surface area contributed by atoms with Crippen molar-refractivity contribution < 1.29 is 14.0 Å². The van der Waals surface area contributed by atoms with Crippen LogP contribution in [-0.2, 0) is 4.79 Å². The number of hydrogen-bond acceptors (Lipinski definition) is 3. The highest BCUT2D eigenvalue weighted by atomic mass is 16.3. The van der Waals surface area contributed by atoms with Crippen LogP contribution in [0.4, 0.5) is 0 Å². The summed E-state index contributed by atoms with van der Waals surface area (Å²) in [7, 11) is 0. The van der Waals surface area contributed by atoms with E-state index in [-0.39, 0.29) is 17.7 Å². The molecule has 5 heteroatoms. The molecule has 1 aromatic rings. The maximum absolute atomic E-state index is 12.6. The van der Waals surface area contributed by atoms with E-state index >= 15 is 0 Å². The van der Waals surface area contributed by atoms with E-state index in [0.717, 1.165) is 38.8 Å². The van der Waals surface area contributed by atoms with Gasteiger partial charge in [0.15, 0.2) is 5.76 Å². The van der Waals surface area contributed by atoms with Gasteiger partial charge in [-0.25, -0.2) is 0 Å². The van der Waals surface area contributed by atoms with Crippen LogP contribution in [0.15, 0.2) is 22.8 Å². The first-order chi connectivity index (χ1) is 10.7. The minimum absolute atomic E-state index is 0.0544. The highest BCUT2D eigenvalue weighted by molar-refractivity contribution is 5.91. The number of nitrogens with zero attached hydrogens (tertiary/aromatic N) is 2. The zero-order valence-corrected chi connectivity index (χ0v) is 13.6. The van der Waals surface area contributed by atoms with E-state index in [1.54, 1.807) is 17.0 Å². The van der Waals surface area contributed by atoms with E-state index in [1.165, 1.54) is 6.26 Å². The van der Waals surface area contributed by atoms with Crippen molar-refractivity contribution in [3.63, 3.8) is 0 Å². The Morgan fingerprint density at radius 2 is 1.86 bits per heavy atom. The van der Waals surface area contributed by atoms with Crippen molar-refractivity contribution in [1.29, 1.82) is 0 Å². The Kier molecular flexibility index (Phi) is 6.04. The Hall–Kier alpha value is -1.78. The Morgan fingerprint density at radius 3 is 2.36 bits per heavy atom. The van der Waals surface area contributed by atoms with Crippen molar-refractivity contribution in [2.45, 2.75) is 39.5 Å². The maximum atomic E-state index is 12.6. The van der Waals surface area contributed by atoms with Gasteiger partial charge in [0.2, 0.25) is 5.91 Å². The number of hydrogen-bond donors (Lipinski definition) is 0. The molecule has 2 amide bonds. The summed E-state index contributed by atoms with van der Waals surface area (Å²) in [5.74, 6) is 0.616. The van der Waals surface area contributed by atoms with Crippen molar-refractivity contribution >= 4 is 11.8 Å². The minimum Gasteiger partial charge on any atom is -0.459 e. The summed E-state index contributed by atoms with van der Waals surface area (Å²) < 4.78 is 5.16. The number of rotatable bonds is 6. The predicted octanol–water partition coefficient (Wildman–Crippen LogP) is 2.78. The minimum atomic E-state index is -0.0742. The van der Waals surface area contributed by atoms with Crippen LogP contribution in [0.1, 0.15) is 50.1 Å². The van der Waals surface area contributed by atoms with Gasteiger partial charge in [-0.3, -0.25) is 9.59 Å². The predicted molar refractivity (Wildman–Crippen MR) is 84.5 cm³/mol. The molecule has 1 aliphatic heterocycles. The van der Waals surface area contributed by atoms with Crippen LogP contribution in [0.5, 0.6) is 0 Å². The zero-order valence-electron chi connectivity index (χ0n) is 13.6. The van der Waals surface area contributed by atoms with Gasteiger partial charge in [-0.2, -0.15) is 0 Å². The molecule has 0 spiro atoms. The fourth-order valence-electron chi connectivity index (χ4n) is 3.02. The molecule has 0 radical (unpaired) electrons. The highest BCUT2D eigenvalue weighted by Gasteiger charge is 2.30. The van der Waals surface area contributed by atoms with Crippen molar-refractivity contribution in [1.82, 2.24) is 9.80 Å². The van der Waals surface area contributed by atoms with Gasteiger partial charge >= 0.3 is 0 Å². The first-order valence-electron chi connectivity index (χ1n) is 8.28. The van der Waals surface area contributed by atoms with E-state index < -0.39 is 0 Å². The topological polar surface area (TPSA) is 53.8 Å². The van der Waals surface area contributed by atoms with E-state index in [0.29, 0.717) is 18.8 Å². The van der Waals surface area contributed by atoms with Crippen LogP contribution in [-0.4, -0.2) is 47.8 Å². The third-order valence-corrected chi connectivity index (χ3v) is 4.16. The quantitative estimate of drug-likeness (QED) is 0.812. The third kappa shape index (κ3) is 3.90. The first kappa shape index (κ1) is 16.6. The molecule has 1 fully saturated rings. The average Bonchev–Trinajstić information content (AvgIpc) is 3.08. The second kappa shape index (κ2) is 8.01. The molecule has 1 aromatic heterocycles. The summed E-state index contributed by atoms with van der Waals surface area (Å²) in [6.07, 6.45) is 4.98. The molecule has 22 heavy (non-hydrogen) atoms. The molecule has 0 bridgehead atoms. The summed E-state index contributed by atoms with van der Waals surface area (Å²) in [5.41, 5.74) is 0. The van der Waals surface area contributed by atoms with Crippen molar-refractivity contribution in [2.75, 3.05) is 26.2 Å². The Labute approximate surface area is 132 Å². The first-order valence-corrected chi connectivity index (χ1v) is 8.28. The van der Waals surface area contributed by atoms with Crippen LogP contribution >= 0.6 is 0 Å². The molecule has 0 aromatic carbocycles. The van der Waals surface area contributed by atoms with Crippen molar-refractivity contribution in [2.24, 2.45) is 5.92 Å². The number of piperidine rings is 1. The molecule has 1 aliphatic rings. The fourth-order valence-corrected chi connectivity index (χ4v) is 3.02. The molecular weight excluding hydrogens is 280 g/mol. The smallest absolute Gasteiger partial charge is 0.289 e. The van der Waals surface area contributed by atoms with Crippen LogP contribution in [0.3, 0.4) is 0 Å². The Balaban J connectivity index is 1.88. The van der Waals surface area contributed by atoms with E-state index in [1.807, 2.05) is 4.90 Å². The highest BCUT2D eigenvalue weighted by Crippen LogP contribution is 2.21. The standard InChI is InChI=1S/C17H26N2O3/c1-3-9-18(10-4-2)16(20)14-7-11-19(12-8-14)17(21)15-6-5-13-22-15/h5-6,13-14H,3-4,7-12H2,1-2H3. The van der Waals surface area contributed by atoms with Crippen LogP contribution in [0.2, 0.25) is 0 Å². The van der Waals surface area contributed by atoms with Crippen LogP contribution in [0, 0.1) is 5.92 Å². The SMILES string of the molecule is CCCN(CCC)C(=O)C1CCN(C(=O)c2ccco2)CC1. The number of amides is 2. The Morgan fingerprint density at radius 1 is 1.23 bits per heavy atom. The molecule has 2 heterocycles. The van der Waals surface area contributed by atoms with Gasteiger partial charge in [-0.05, 0) is 37.8 Å². The molecule has 0 saturated carbocycles. The molecule has 0 aliphatic carbocycles. The second-order valence-corrected chi connectivity index (χ2v) is 5.87. The normalized spacial score (nSPS) is 15.8. The molecule has 122 valence electrons. The summed E-state index contributed by atoms with van der Waals surface area (Å²) >= 11 is 0.